The van der Waals surface area contributed by atoms with Crippen LogP contribution in [0.25, 0.3) is 0 Å². The quantitative estimate of drug-likeness (QED) is 0.792. The molecule has 1 aromatic carbocycles. The monoisotopic (exact) mass is 352 g/mol. The van der Waals surface area contributed by atoms with Crippen LogP contribution in [0.1, 0.15) is 33.3 Å². The minimum absolute atomic E-state index is 0.365. The lowest BCUT2D eigenvalue weighted by molar-refractivity contribution is 0.00578. The molecule has 0 saturated carbocycles. The number of halogens is 2. The SMILES string of the molecule is CC1(C)OB(c2cnn(Cc3cccc(Cl)c3Cl)c2)OC1(C)C. The summed E-state index contributed by atoms with van der Waals surface area (Å²) in [6.45, 7) is 8.66. The van der Waals surface area contributed by atoms with Crippen LogP contribution in [0, 0.1) is 0 Å². The van der Waals surface area contributed by atoms with E-state index in [1.54, 1.807) is 16.9 Å². The summed E-state index contributed by atoms with van der Waals surface area (Å²) in [6.07, 6.45) is 3.68. The fourth-order valence-electron chi connectivity index (χ4n) is 2.41. The van der Waals surface area contributed by atoms with Crippen LogP contribution in [0.4, 0.5) is 0 Å². The van der Waals surface area contributed by atoms with Crippen molar-refractivity contribution in [1.82, 2.24) is 9.78 Å². The molecule has 1 fully saturated rings. The highest BCUT2D eigenvalue weighted by Gasteiger charge is 2.52. The summed E-state index contributed by atoms with van der Waals surface area (Å²) in [4.78, 5) is 0. The highest BCUT2D eigenvalue weighted by molar-refractivity contribution is 6.62. The van der Waals surface area contributed by atoms with Crippen LogP contribution in [-0.4, -0.2) is 28.1 Å². The van der Waals surface area contributed by atoms with Gasteiger partial charge in [-0.25, -0.2) is 0 Å². The van der Waals surface area contributed by atoms with Crippen LogP contribution in [0.5, 0.6) is 0 Å². The van der Waals surface area contributed by atoms with Gasteiger partial charge < -0.3 is 9.31 Å². The van der Waals surface area contributed by atoms with Gasteiger partial charge in [-0.15, -0.1) is 0 Å². The number of nitrogens with zero attached hydrogens (tertiary/aromatic N) is 2. The Morgan fingerprint density at radius 3 is 2.43 bits per heavy atom. The fraction of sp³-hybridized carbons (Fsp3) is 0.438. The van der Waals surface area contributed by atoms with E-state index in [1.807, 2.05) is 46.0 Å². The van der Waals surface area contributed by atoms with Crippen LogP contribution in [0.2, 0.25) is 10.0 Å². The largest absolute Gasteiger partial charge is 0.498 e. The summed E-state index contributed by atoms with van der Waals surface area (Å²) >= 11 is 12.3. The first-order chi connectivity index (χ1) is 10.7. The van der Waals surface area contributed by atoms with E-state index in [2.05, 4.69) is 5.10 Å². The van der Waals surface area contributed by atoms with E-state index in [-0.39, 0.29) is 11.2 Å². The Balaban J connectivity index is 1.78. The lowest BCUT2D eigenvalue weighted by Gasteiger charge is -2.32. The van der Waals surface area contributed by atoms with Gasteiger partial charge in [0.1, 0.15) is 0 Å². The molecule has 122 valence electrons. The molecule has 0 spiro atoms. The Hall–Kier alpha value is -1.01. The Labute approximate surface area is 146 Å². The Kier molecular flexibility index (Phi) is 4.26. The molecule has 3 rings (SSSR count). The van der Waals surface area contributed by atoms with Gasteiger partial charge in [-0.3, -0.25) is 4.68 Å². The van der Waals surface area contributed by atoms with Gasteiger partial charge in [-0.2, -0.15) is 5.10 Å². The van der Waals surface area contributed by atoms with Crippen molar-refractivity contribution in [2.45, 2.75) is 45.4 Å². The predicted molar refractivity (Wildman–Crippen MR) is 93.5 cm³/mol. The second kappa shape index (κ2) is 5.81. The summed E-state index contributed by atoms with van der Waals surface area (Å²) in [5.74, 6) is 0. The maximum atomic E-state index is 6.23. The van der Waals surface area contributed by atoms with Crippen LogP contribution in [-0.2, 0) is 15.9 Å². The molecule has 0 amide bonds. The van der Waals surface area contributed by atoms with Crippen LogP contribution < -0.4 is 5.46 Å². The van der Waals surface area contributed by atoms with Gasteiger partial charge in [0.15, 0.2) is 0 Å². The van der Waals surface area contributed by atoms with E-state index >= 15 is 0 Å². The van der Waals surface area contributed by atoms with Crippen molar-refractivity contribution in [3.8, 4) is 0 Å². The van der Waals surface area contributed by atoms with Gasteiger partial charge in [0.05, 0.1) is 27.8 Å². The lowest BCUT2D eigenvalue weighted by atomic mass is 9.82. The average Bonchev–Trinajstić information content (AvgIpc) is 2.98. The highest BCUT2D eigenvalue weighted by atomic mass is 35.5. The minimum atomic E-state index is -0.413. The smallest absolute Gasteiger partial charge is 0.399 e. The molecule has 1 aromatic heterocycles. The van der Waals surface area contributed by atoms with Crippen LogP contribution >= 0.6 is 23.2 Å². The third-order valence-electron chi connectivity index (χ3n) is 4.54. The van der Waals surface area contributed by atoms with Gasteiger partial charge in [-0.05, 0) is 39.3 Å². The minimum Gasteiger partial charge on any atom is -0.399 e. The second-order valence-electron chi connectivity index (χ2n) is 6.77. The van der Waals surface area contributed by atoms with Crippen molar-refractivity contribution in [3.63, 3.8) is 0 Å². The van der Waals surface area contributed by atoms with Crippen molar-refractivity contribution < 1.29 is 9.31 Å². The molecule has 23 heavy (non-hydrogen) atoms. The molecule has 0 radical (unpaired) electrons. The summed E-state index contributed by atoms with van der Waals surface area (Å²) < 4.78 is 13.9. The number of hydrogen-bond acceptors (Lipinski definition) is 3. The molecule has 1 aliphatic rings. The molecule has 0 atom stereocenters. The van der Waals surface area contributed by atoms with Gasteiger partial charge in [0, 0.05) is 17.9 Å². The molecule has 4 nitrogen and oxygen atoms in total. The molecular weight excluding hydrogens is 334 g/mol. The molecule has 1 aliphatic heterocycles. The fourth-order valence-corrected chi connectivity index (χ4v) is 2.79. The number of hydrogen-bond donors (Lipinski definition) is 0. The summed E-state index contributed by atoms with van der Waals surface area (Å²) in [6, 6.07) is 5.58. The van der Waals surface area contributed by atoms with Crippen molar-refractivity contribution in [2.24, 2.45) is 0 Å². The predicted octanol–water partition coefficient (Wildman–Crippen LogP) is 3.54. The van der Waals surface area contributed by atoms with E-state index in [4.69, 9.17) is 32.5 Å². The second-order valence-corrected chi connectivity index (χ2v) is 7.56. The molecule has 0 unspecified atom stereocenters. The van der Waals surface area contributed by atoms with Crippen LogP contribution in [0.3, 0.4) is 0 Å². The van der Waals surface area contributed by atoms with Gasteiger partial charge in [0.25, 0.3) is 0 Å². The first-order valence-electron chi connectivity index (χ1n) is 7.50. The molecule has 0 N–H and O–H groups in total. The Morgan fingerprint density at radius 1 is 1.13 bits per heavy atom. The normalized spacial score (nSPS) is 19.3. The van der Waals surface area contributed by atoms with Crippen molar-refractivity contribution in [1.29, 1.82) is 0 Å². The summed E-state index contributed by atoms with van der Waals surface area (Å²) in [5, 5.41) is 5.48. The number of benzene rings is 1. The van der Waals surface area contributed by atoms with Crippen molar-refractivity contribution in [3.05, 3.63) is 46.2 Å². The third-order valence-corrected chi connectivity index (χ3v) is 5.40. The first kappa shape index (κ1) is 16.8. The summed E-state index contributed by atoms with van der Waals surface area (Å²) in [7, 11) is -0.413. The topological polar surface area (TPSA) is 36.3 Å². The Bertz CT molecular complexity index is 715. The maximum absolute atomic E-state index is 6.23. The van der Waals surface area contributed by atoms with E-state index in [9.17, 15) is 0 Å². The van der Waals surface area contributed by atoms with E-state index in [1.165, 1.54) is 0 Å². The maximum Gasteiger partial charge on any atom is 0.498 e. The van der Waals surface area contributed by atoms with Gasteiger partial charge in [-0.1, -0.05) is 35.3 Å². The standard InChI is InChI=1S/C16H19BCl2N2O2/c1-15(2)16(3,4)23-17(22-15)12-8-20-21(10-12)9-11-6-5-7-13(18)14(11)19/h5-8,10H,9H2,1-4H3. The Morgan fingerprint density at radius 2 is 1.78 bits per heavy atom. The number of aromatic nitrogens is 2. The van der Waals surface area contributed by atoms with E-state index in [0.29, 0.717) is 16.6 Å². The lowest BCUT2D eigenvalue weighted by Crippen LogP contribution is -2.41. The number of rotatable bonds is 3. The molecular formula is C16H19BCl2N2O2. The van der Waals surface area contributed by atoms with Crippen molar-refractivity contribution in [2.75, 3.05) is 0 Å². The zero-order valence-corrected chi connectivity index (χ0v) is 15.1. The molecule has 2 heterocycles. The molecule has 7 heteroatoms. The van der Waals surface area contributed by atoms with E-state index < -0.39 is 7.12 Å². The molecule has 2 aromatic rings. The zero-order chi connectivity index (χ0) is 16.8. The highest BCUT2D eigenvalue weighted by Crippen LogP contribution is 2.36. The van der Waals surface area contributed by atoms with Gasteiger partial charge >= 0.3 is 7.12 Å². The molecule has 1 saturated heterocycles. The summed E-state index contributed by atoms with van der Waals surface area (Å²) in [5.41, 5.74) is 1.08. The average molecular weight is 353 g/mol. The third kappa shape index (κ3) is 3.16. The molecule has 0 bridgehead atoms. The van der Waals surface area contributed by atoms with Crippen molar-refractivity contribution >= 4 is 35.8 Å². The molecule has 0 aliphatic carbocycles. The van der Waals surface area contributed by atoms with E-state index in [0.717, 1.165) is 11.0 Å². The first-order valence-corrected chi connectivity index (χ1v) is 8.26. The van der Waals surface area contributed by atoms with Crippen LogP contribution in [0.15, 0.2) is 30.6 Å². The van der Waals surface area contributed by atoms with Gasteiger partial charge in [0.2, 0.25) is 0 Å². The zero-order valence-electron chi connectivity index (χ0n) is 13.6.